The maximum atomic E-state index is 13.8. The van der Waals surface area contributed by atoms with Crippen molar-refractivity contribution in [2.24, 2.45) is 5.92 Å². The predicted octanol–water partition coefficient (Wildman–Crippen LogP) is 2.66. The summed E-state index contributed by atoms with van der Waals surface area (Å²) in [5.74, 6) is 0.717. The Balaban J connectivity index is 1.49. The predicted molar refractivity (Wildman–Crippen MR) is 80.1 cm³/mol. The van der Waals surface area contributed by atoms with E-state index in [-0.39, 0.29) is 5.82 Å². The number of rotatable bonds is 5. The second-order valence-corrected chi connectivity index (χ2v) is 6.32. The largest absolute Gasteiger partial charge is 0.314 e. The Bertz CT molecular complexity index is 525. The number of likely N-dealkylation sites (tertiary alicyclic amines) is 1. The normalized spacial score (nSPS) is 20.4. The van der Waals surface area contributed by atoms with E-state index in [9.17, 15) is 4.39 Å². The topological polar surface area (TPSA) is 39.1 Å². The zero-order chi connectivity index (χ0) is 14.7. The highest BCUT2D eigenvalue weighted by Gasteiger charge is 2.24. The van der Waals surface area contributed by atoms with Gasteiger partial charge < -0.3 is 5.32 Å². The summed E-state index contributed by atoms with van der Waals surface area (Å²) in [7, 11) is 0. The Kier molecular flexibility index (Phi) is 4.52. The lowest BCUT2D eigenvalue weighted by Gasteiger charge is -2.32. The van der Waals surface area contributed by atoms with Crippen molar-refractivity contribution in [1.29, 1.82) is 5.26 Å². The van der Waals surface area contributed by atoms with Crippen LogP contribution in [0.4, 0.5) is 4.39 Å². The summed E-state index contributed by atoms with van der Waals surface area (Å²) >= 11 is 0. The number of halogens is 1. The number of hydrogen-bond donors (Lipinski definition) is 1. The van der Waals surface area contributed by atoms with Gasteiger partial charge in [0.05, 0.1) is 11.6 Å². The molecule has 3 rings (SSSR count). The number of nitrogens with one attached hydrogen (secondary N) is 1. The summed E-state index contributed by atoms with van der Waals surface area (Å²) in [6, 6.07) is 7.31. The van der Waals surface area contributed by atoms with Crippen molar-refractivity contribution < 1.29 is 4.39 Å². The molecule has 4 heteroatoms. The lowest BCUT2D eigenvalue weighted by atomic mass is 10.0. The van der Waals surface area contributed by atoms with Crippen LogP contribution >= 0.6 is 0 Å². The van der Waals surface area contributed by atoms with Crippen LogP contribution in [-0.4, -0.2) is 30.6 Å². The zero-order valence-corrected chi connectivity index (χ0v) is 12.3. The number of piperidine rings is 1. The number of hydrogen-bond acceptors (Lipinski definition) is 3. The minimum atomic E-state index is -0.206. The highest BCUT2D eigenvalue weighted by molar-refractivity contribution is 5.33. The molecule has 0 radical (unpaired) electrons. The molecule has 1 aromatic rings. The van der Waals surface area contributed by atoms with Gasteiger partial charge in [0.1, 0.15) is 5.82 Å². The van der Waals surface area contributed by atoms with E-state index < -0.39 is 0 Å². The minimum Gasteiger partial charge on any atom is -0.314 e. The van der Waals surface area contributed by atoms with Crippen molar-refractivity contribution in [2.75, 3.05) is 19.6 Å². The van der Waals surface area contributed by atoms with E-state index >= 15 is 0 Å². The summed E-state index contributed by atoms with van der Waals surface area (Å²) in [6.45, 7) is 3.78. The summed E-state index contributed by atoms with van der Waals surface area (Å²) in [5, 5.41) is 12.6. The van der Waals surface area contributed by atoms with E-state index in [1.807, 2.05) is 0 Å². The summed E-state index contributed by atoms with van der Waals surface area (Å²) in [4.78, 5) is 2.29. The standard InChI is InChI=1S/C17H22FN3/c18-17-4-3-14(10-19)9-15(17)12-21-7-5-16(6-8-21)20-11-13-1-2-13/h3-4,9,13,16,20H,1-2,5-8,11-12H2. The average molecular weight is 287 g/mol. The summed E-state index contributed by atoms with van der Waals surface area (Å²) in [6.07, 6.45) is 5.04. The maximum Gasteiger partial charge on any atom is 0.127 e. The molecule has 1 saturated carbocycles. The lowest BCUT2D eigenvalue weighted by molar-refractivity contribution is 0.188. The number of benzene rings is 1. The van der Waals surface area contributed by atoms with Gasteiger partial charge in [-0.15, -0.1) is 0 Å². The van der Waals surface area contributed by atoms with Gasteiger partial charge in [0.15, 0.2) is 0 Å². The molecular formula is C17H22FN3. The van der Waals surface area contributed by atoms with Gasteiger partial charge in [-0.05, 0) is 69.4 Å². The van der Waals surface area contributed by atoms with Crippen LogP contribution in [0.5, 0.6) is 0 Å². The van der Waals surface area contributed by atoms with Crippen LogP contribution in [0, 0.1) is 23.1 Å². The first-order valence-electron chi connectivity index (χ1n) is 7.89. The van der Waals surface area contributed by atoms with Gasteiger partial charge >= 0.3 is 0 Å². The third-order valence-corrected chi connectivity index (χ3v) is 4.55. The summed E-state index contributed by atoms with van der Waals surface area (Å²) in [5.41, 5.74) is 1.17. The van der Waals surface area contributed by atoms with Crippen LogP contribution < -0.4 is 5.32 Å². The number of nitrogens with zero attached hydrogens (tertiary/aromatic N) is 2. The van der Waals surface area contributed by atoms with Gasteiger partial charge in [-0.1, -0.05) is 0 Å². The van der Waals surface area contributed by atoms with Crippen molar-refractivity contribution >= 4 is 0 Å². The molecule has 1 N–H and O–H groups in total. The van der Waals surface area contributed by atoms with Gasteiger partial charge in [-0.3, -0.25) is 4.90 Å². The molecule has 1 aromatic carbocycles. The highest BCUT2D eigenvalue weighted by atomic mass is 19.1. The van der Waals surface area contributed by atoms with Crippen molar-refractivity contribution in [3.05, 3.63) is 35.1 Å². The van der Waals surface area contributed by atoms with Crippen LogP contribution in [0.3, 0.4) is 0 Å². The molecule has 0 spiro atoms. The Morgan fingerprint density at radius 3 is 2.67 bits per heavy atom. The molecule has 2 fully saturated rings. The van der Waals surface area contributed by atoms with Crippen LogP contribution in [0.25, 0.3) is 0 Å². The van der Waals surface area contributed by atoms with Gasteiger partial charge in [-0.25, -0.2) is 4.39 Å². The SMILES string of the molecule is N#Cc1ccc(F)c(CN2CCC(NCC3CC3)CC2)c1. The summed E-state index contributed by atoms with van der Waals surface area (Å²) < 4.78 is 13.8. The van der Waals surface area contributed by atoms with Crippen molar-refractivity contribution in [2.45, 2.75) is 38.3 Å². The monoisotopic (exact) mass is 287 g/mol. The lowest BCUT2D eigenvalue weighted by Crippen LogP contribution is -2.42. The van der Waals surface area contributed by atoms with Crippen LogP contribution in [-0.2, 0) is 6.54 Å². The van der Waals surface area contributed by atoms with Crippen LogP contribution in [0.2, 0.25) is 0 Å². The first-order chi connectivity index (χ1) is 10.2. The molecule has 1 saturated heterocycles. The molecular weight excluding hydrogens is 265 g/mol. The van der Waals surface area contributed by atoms with E-state index in [1.165, 1.54) is 31.5 Å². The third kappa shape index (κ3) is 4.03. The maximum absolute atomic E-state index is 13.8. The second-order valence-electron chi connectivity index (χ2n) is 6.32. The van der Waals surface area contributed by atoms with Gasteiger partial charge in [0.2, 0.25) is 0 Å². The first-order valence-corrected chi connectivity index (χ1v) is 7.89. The van der Waals surface area contributed by atoms with Gasteiger partial charge in [0, 0.05) is 18.2 Å². The fourth-order valence-corrected chi connectivity index (χ4v) is 2.96. The molecule has 1 aliphatic heterocycles. The Morgan fingerprint density at radius 2 is 2.00 bits per heavy atom. The molecule has 0 bridgehead atoms. The van der Waals surface area contributed by atoms with E-state index in [2.05, 4.69) is 16.3 Å². The smallest absolute Gasteiger partial charge is 0.127 e. The second kappa shape index (κ2) is 6.55. The average Bonchev–Trinajstić information content (AvgIpc) is 3.33. The van der Waals surface area contributed by atoms with Crippen LogP contribution in [0.15, 0.2) is 18.2 Å². The minimum absolute atomic E-state index is 0.206. The molecule has 1 heterocycles. The number of nitriles is 1. The van der Waals surface area contributed by atoms with Crippen molar-refractivity contribution in [3.63, 3.8) is 0 Å². The molecule has 0 atom stereocenters. The molecule has 1 aliphatic carbocycles. The third-order valence-electron chi connectivity index (χ3n) is 4.55. The molecule has 2 aliphatic rings. The molecule has 0 unspecified atom stereocenters. The van der Waals surface area contributed by atoms with Gasteiger partial charge in [0.25, 0.3) is 0 Å². The van der Waals surface area contributed by atoms with Crippen molar-refractivity contribution in [1.82, 2.24) is 10.2 Å². The Labute approximate surface area is 125 Å². The molecule has 3 nitrogen and oxygen atoms in total. The van der Waals surface area contributed by atoms with E-state index in [0.717, 1.165) is 31.8 Å². The zero-order valence-electron chi connectivity index (χ0n) is 12.3. The first kappa shape index (κ1) is 14.5. The fourth-order valence-electron chi connectivity index (χ4n) is 2.96. The quantitative estimate of drug-likeness (QED) is 0.905. The van der Waals surface area contributed by atoms with Gasteiger partial charge in [-0.2, -0.15) is 5.26 Å². The highest BCUT2D eigenvalue weighted by Crippen LogP contribution is 2.28. The van der Waals surface area contributed by atoms with Crippen molar-refractivity contribution in [3.8, 4) is 6.07 Å². The molecule has 0 aromatic heterocycles. The molecule has 112 valence electrons. The molecule has 0 amide bonds. The Hall–Kier alpha value is -1.44. The fraction of sp³-hybridized carbons (Fsp3) is 0.588. The van der Waals surface area contributed by atoms with E-state index in [4.69, 9.17) is 5.26 Å². The van der Waals surface area contributed by atoms with E-state index in [0.29, 0.717) is 23.7 Å². The van der Waals surface area contributed by atoms with Crippen LogP contribution in [0.1, 0.15) is 36.8 Å². The van der Waals surface area contributed by atoms with E-state index in [1.54, 1.807) is 6.07 Å². The molecule has 21 heavy (non-hydrogen) atoms. The Morgan fingerprint density at radius 1 is 1.24 bits per heavy atom.